The lowest BCUT2D eigenvalue weighted by molar-refractivity contribution is -0.0629. The van der Waals surface area contributed by atoms with Gasteiger partial charge in [0, 0.05) is 25.3 Å². The van der Waals surface area contributed by atoms with E-state index in [1.54, 1.807) is 0 Å². The topological polar surface area (TPSA) is 44.5 Å². The lowest BCUT2D eigenvalue weighted by Gasteiger charge is -2.30. The smallest absolute Gasteiger partial charge is 0.248 e. The number of halogens is 2. The van der Waals surface area contributed by atoms with E-state index in [0.29, 0.717) is 32.5 Å². The predicted molar refractivity (Wildman–Crippen MR) is 59.8 cm³/mol. The van der Waals surface area contributed by atoms with E-state index < -0.39 is 5.92 Å². The average molecular weight is 249 g/mol. The predicted octanol–water partition coefficient (Wildman–Crippen LogP) is 2.29. The van der Waals surface area contributed by atoms with E-state index in [9.17, 15) is 8.78 Å². The summed E-state index contributed by atoms with van der Waals surface area (Å²) in [6.07, 6.45) is 2.55. The van der Waals surface area contributed by atoms with E-state index in [1.807, 2.05) is 0 Å². The fourth-order valence-electron chi connectivity index (χ4n) is 2.79. The molecular formula is C12H21F2NO2. The maximum atomic E-state index is 13.2. The Morgan fingerprint density at radius 3 is 2.59 bits per heavy atom. The zero-order valence-electron chi connectivity index (χ0n) is 10.0. The van der Waals surface area contributed by atoms with Gasteiger partial charge in [-0.25, -0.2) is 8.78 Å². The summed E-state index contributed by atoms with van der Waals surface area (Å²) in [6.45, 7) is 1.22. The molecule has 2 unspecified atom stereocenters. The molecule has 3 nitrogen and oxygen atoms in total. The normalized spacial score (nSPS) is 31.6. The third-order valence-electron chi connectivity index (χ3n) is 3.56. The first-order valence-corrected chi connectivity index (χ1v) is 6.42. The molecule has 0 amide bonds. The standard InChI is InChI=1S/C12H21F2NO2/c13-12(14)3-1-2-9(8-12)6-10(15)7-11-16-4-5-17-11/h9-11H,1-8,15H2. The Bertz CT molecular complexity index is 245. The summed E-state index contributed by atoms with van der Waals surface area (Å²) in [5, 5.41) is 0. The van der Waals surface area contributed by atoms with Crippen LogP contribution in [0.1, 0.15) is 38.5 Å². The van der Waals surface area contributed by atoms with E-state index >= 15 is 0 Å². The Morgan fingerprint density at radius 2 is 1.94 bits per heavy atom. The van der Waals surface area contributed by atoms with Crippen LogP contribution in [0.3, 0.4) is 0 Å². The number of nitrogens with two attached hydrogens (primary N) is 1. The maximum Gasteiger partial charge on any atom is 0.248 e. The minimum atomic E-state index is -2.48. The molecule has 17 heavy (non-hydrogen) atoms. The van der Waals surface area contributed by atoms with Crippen molar-refractivity contribution >= 4 is 0 Å². The molecule has 2 atom stereocenters. The van der Waals surface area contributed by atoms with Gasteiger partial charge in [0.1, 0.15) is 0 Å². The lowest BCUT2D eigenvalue weighted by Crippen LogP contribution is -2.33. The first kappa shape index (κ1) is 13.2. The quantitative estimate of drug-likeness (QED) is 0.831. The van der Waals surface area contributed by atoms with Crippen molar-refractivity contribution in [3.63, 3.8) is 0 Å². The monoisotopic (exact) mass is 249 g/mol. The first-order chi connectivity index (χ1) is 8.05. The highest BCUT2D eigenvalue weighted by atomic mass is 19.3. The van der Waals surface area contributed by atoms with Gasteiger partial charge in [-0.3, -0.25) is 0 Å². The van der Waals surface area contributed by atoms with Gasteiger partial charge in [0.25, 0.3) is 0 Å². The van der Waals surface area contributed by atoms with Crippen molar-refractivity contribution < 1.29 is 18.3 Å². The van der Waals surface area contributed by atoms with E-state index in [0.717, 1.165) is 6.42 Å². The molecule has 0 radical (unpaired) electrons. The van der Waals surface area contributed by atoms with Crippen LogP contribution in [-0.2, 0) is 9.47 Å². The molecule has 0 aromatic carbocycles. The number of rotatable bonds is 4. The maximum absolute atomic E-state index is 13.2. The van der Waals surface area contributed by atoms with Gasteiger partial charge in [-0.1, -0.05) is 0 Å². The van der Waals surface area contributed by atoms with Gasteiger partial charge >= 0.3 is 0 Å². The molecule has 1 aliphatic carbocycles. The van der Waals surface area contributed by atoms with Gasteiger partial charge in [-0.2, -0.15) is 0 Å². The minimum Gasteiger partial charge on any atom is -0.350 e. The lowest BCUT2D eigenvalue weighted by atomic mass is 9.82. The molecule has 1 aliphatic heterocycles. The van der Waals surface area contributed by atoms with Crippen LogP contribution >= 0.6 is 0 Å². The van der Waals surface area contributed by atoms with Crippen LogP contribution in [0.5, 0.6) is 0 Å². The molecule has 0 bridgehead atoms. The number of alkyl halides is 2. The van der Waals surface area contributed by atoms with Crippen molar-refractivity contribution in [1.82, 2.24) is 0 Å². The second kappa shape index (κ2) is 5.59. The second-order valence-corrected chi connectivity index (χ2v) is 5.22. The molecule has 5 heteroatoms. The largest absolute Gasteiger partial charge is 0.350 e. The summed E-state index contributed by atoms with van der Waals surface area (Å²) < 4.78 is 37.0. The zero-order valence-corrected chi connectivity index (χ0v) is 10.0. The van der Waals surface area contributed by atoms with Crippen molar-refractivity contribution in [2.45, 2.75) is 56.8 Å². The number of hydrogen-bond acceptors (Lipinski definition) is 3. The molecule has 0 aromatic rings. The van der Waals surface area contributed by atoms with Crippen molar-refractivity contribution in [3.8, 4) is 0 Å². The Balaban J connectivity index is 1.72. The van der Waals surface area contributed by atoms with E-state index in [-0.39, 0.29) is 31.1 Å². The first-order valence-electron chi connectivity index (χ1n) is 6.42. The zero-order chi connectivity index (χ0) is 12.3. The Morgan fingerprint density at radius 1 is 1.24 bits per heavy atom. The molecule has 2 aliphatic rings. The molecule has 100 valence electrons. The number of ether oxygens (including phenoxy) is 2. The van der Waals surface area contributed by atoms with E-state index in [2.05, 4.69) is 0 Å². The third-order valence-corrected chi connectivity index (χ3v) is 3.56. The molecular weight excluding hydrogens is 228 g/mol. The van der Waals surface area contributed by atoms with E-state index in [1.165, 1.54) is 0 Å². The van der Waals surface area contributed by atoms with Crippen LogP contribution in [-0.4, -0.2) is 31.5 Å². The Hall–Kier alpha value is -0.260. The van der Waals surface area contributed by atoms with Crippen molar-refractivity contribution in [2.24, 2.45) is 11.7 Å². The summed E-state index contributed by atoms with van der Waals surface area (Å²) in [4.78, 5) is 0. The highest BCUT2D eigenvalue weighted by Gasteiger charge is 2.36. The summed E-state index contributed by atoms with van der Waals surface area (Å²) >= 11 is 0. The van der Waals surface area contributed by atoms with Gasteiger partial charge in [0.05, 0.1) is 13.2 Å². The van der Waals surface area contributed by atoms with Gasteiger partial charge in [0.15, 0.2) is 6.29 Å². The molecule has 1 heterocycles. The highest BCUT2D eigenvalue weighted by molar-refractivity contribution is 4.81. The Labute approximate surface area is 101 Å². The summed E-state index contributed by atoms with van der Waals surface area (Å²) in [7, 11) is 0. The fraction of sp³-hybridized carbons (Fsp3) is 1.00. The molecule has 2 rings (SSSR count). The van der Waals surface area contributed by atoms with Crippen LogP contribution in [0.25, 0.3) is 0 Å². The second-order valence-electron chi connectivity index (χ2n) is 5.22. The highest BCUT2D eigenvalue weighted by Crippen LogP contribution is 2.38. The average Bonchev–Trinajstić information content (AvgIpc) is 2.68. The molecule has 0 spiro atoms. The molecule has 2 N–H and O–H groups in total. The number of hydrogen-bond donors (Lipinski definition) is 1. The van der Waals surface area contributed by atoms with Crippen LogP contribution in [0.15, 0.2) is 0 Å². The van der Waals surface area contributed by atoms with E-state index in [4.69, 9.17) is 15.2 Å². The van der Waals surface area contributed by atoms with Crippen LogP contribution < -0.4 is 5.73 Å². The SMILES string of the molecule is NC(CC1CCCC(F)(F)C1)CC1OCCO1. The van der Waals surface area contributed by atoms with Gasteiger partial charge in [0.2, 0.25) is 5.92 Å². The van der Waals surface area contributed by atoms with Gasteiger partial charge in [-0.15, -0.1) is 0 Å². The minimum absolute atomic E-state index is 0.00686. The van der Waals surface area contributed by atoms with Crippen molar-refractivity contribution in [1.29, 1.82) is 0 Å². The van der Waals surface area contributed by atoms with Crippen LogP contribution in [0.4, 0.5) is 8.78 Å². The van der Waals surface area contributed by atoms with Crippen LogP contribution in [0, 0.1) is 5.92 Å². The summed E-state index contributed by atoms with van der Waals surface area (Å²) in [6, 6.07) is -0.100. The summed E-state index contributed by atoms with van der Waals surface area (Å²) in [5.74, 6) is -2.43. The molecule has 2 fully saturated rings. The fourth-order valence-corrected chi connectivity index (χ4v) is 2.79. The third kappa shape index (κ3) is 4.16. The molecule has 1 saturated heterocycles. The van der Waals surface area contributed by atoms with Crippen LogP contribution in [0.2, 0.25) is 0 Å². The van der Waals surface area contributed by atoms with Crippen molar-refractivity contribution in [2.75, 3.05) is 13.2 Å². The van der Waals surface area contributed by atoms with Gasteiger partial charge < -0.3 is 15.2 Å². The molecule has 0 aromatic heterocycles. The molecule has 1 saturated carbocycles. The summed E-state index contributed by atoms with van der Waals surface area (Å²) in [5.41, 5.74) is 5.97. The van der Waals surface area contributed by atoms with Gasteiger partial charge in [-0.05, 0) is 25.2 Å². The van der Waals surface area contributed by atoms with Crippen molar-refractivity contribution in [3.05, 3.63) is 0 Å². The Kier molecular flexibility index (Phi) is 4.33.